The van der Waals surface area contributed by atoms with Crippen molar-refractivity contribution < 1.29 is 18.0 Å². The molecule has 19 heavy (non-hydrogen) atoms. The number of hydrogen-bond acceptors (Lipinski definition) is 2. The summed E-state index contributed by atoms with van der Waals surface area (Å²) in [6, 6.07) is 5.63. The summed E-state index contributed by atoms with van der Waals surface area (Å²) < 4.78 is 37.8. The maximum absolute atomic E-state index is 12.6. The van der Waals surface area contributed by atoms with Gasteiger partial charge in [0.05, 0.1) is 29.4 Å². The van der Waals surface area contributed by atoms with E-state index in [2.05, 4.69) is 5.32 Å². The summed E-state index contributed by atoms with van der Waals surface area (Å²) in [7, 11) is 0. The van der Waals surface area contributed by atoms with Crippen LogP contribution in [0.2, 0.25) is 0 Å². The van der Waals surface area contributed by atoms with Crippen LogP contribution in [0.5, 0.6) is 0 Å². The minimum atomic E-state index is -4.48. The minimum Gasteiger partial charge on any atom is -0.333 e. The molecule has 1 aromatic rings. The number of nitriles is 1. The van der Waals surface area contributed by atoms with E-state index in [0.717, 1.165) is 17.0 Å². The molecule has 1 N–H and O–H groups in total. The number of rotatable bonds is 1. The first-order valence-corrected chi connectivity index (χ1v) is 5.27. The van der Waals surface area contributed by atoms with Gasteiger partial charge in [-0.2, -0.15) is 18.4 Å². The lowest BCUT2D eigenvalue weighted by Crippen LogP contribution is -2.41. The monoisotopic (exact) mass is 267 g/mol. The molecule has 0 aliphatic carbocycles. The van der Waals surface area contributed by atoms with Crippen molar-refractivity contribution in [3.8, 4) is 6.07 Å². The van der Waals surface area contributed by atoms with Crippen molar-refractivity contribution in [2.45, 2.75) is 6.18 Å². The Labute approximate surface area is 106 Å². The third kappa shape index (κ3) is 2.68. The summed E-state index contributed by atoms with van der Waals surface area (Å²) in [6.07, 6.45) is -3.25. The molecule has 1 heterocycles. The molecule has 0 unspecified atom stereocenters. The molecular weight excluding hydrogens is 259 g/mol. The number of carbonyl (C=O) groups excluding carboxylic acids is 1. The van der Waals surface area contributed by atoms with Crippen molar-refractivity contribution in [1.82, 2.24) is 5.32 Å². The Morgan fingerprint density at radius 1 is 1.37 bits per heavy atom. The maximum Gasteiger partial charge on any atom is 0.416 e. The highest BCUT2D eigenvalue weighted by atomic mass is 19.4. The lowest BCUT2D eigenvalue weighted by atomic mass is 10.1. The first-order valence-electron chi connectivity index (χ1n) is 5.27. The number of urea groups is 1. The fourth-order valence-corrected chi connectivity index (χ4v) is 1.61. The van der Waals surface area contributed by atoms with E-state index < -0.39 is 17.8 Å². The summed E-state index contributed by atoms with van der Waals surface area (Å²) in [6.45, 7) is 0.0742. The SMILES string of the molecule is N#CC1=CN(c2cccc(C(F)(F)F)c2)C(=O)NC1. The van der Waals surface area contributed by atoms with Gasteiger partial charge in [0.15, 0.2) is 0 Å². The molecule has 2 amide bonds. The van der Waals surface area contributed by atoms with Crippen molar-refractivity contribution >= 4 is 11.7 Å². The first kappa shape index (κ1) is 13.0. The number of nitrogens with one attached hydrogen (secondary N) is 1. The second-order valence-electron chi connectivity index (χ2n) is 3.84. The third-order valence-electron chi connectivity index (χ3n) is 2.53. The van der Waals surface area contributed by atoms with Gasteiger partial charge in [0.1, 0.15) is 0 Å². The van der Waals surface area contributed by atoms with E-state index in [9.17, 15) is 18.0 Å². The molecule has 0 spiro atoms. The van der Waals surface area contributed by atoms with Crippen LogP contribution in [0.25, 0.3) is 0 Å². The summed E-state index contributed by atoms with van der Waals surface area (Å²) in [5, 5.41) is 11.2. The quantitative estimate of drug-likeness (QED) is 0.850. The predicted molar refractivity (Wildman–Crippen MR) is 61.0 cm³/mol. The number of hydrogen-bond donors (Lipinski definition) is 1. The van der Waals surface area contributed by atoms with Crippen LogP contribution >= 0.6 is 0 Å². The Hall–Kier alpha value is -2.49. The van der Waals surface area contributed by atoms with Crippen LogP contribution in [-0.4, -0.2) is 12.6 Å². The normalized spacial score (nSPS) is 15.6. The lowest BCUT2D eigenvalue weighted by molar-refractivity contribution is -0.137. The van der Waals surface area contributed by atoms with Crippen LogP contribution in [0.3, 0.4) is 0 Å². The fraction of sp³-hybridized carbons (Fsp3) is 0.167. The fourth-order valence-electron chi connectivity index (χ4n) is 1.61. The summed E-state index contributed by atoms with van der Waals surface area (Å²) in [5.74, 6) is 0. The Morgan fingerprint density at radius 3 is 2.74 bits per heavy atom. The van der Waals surface area contributed by atoms with Gasteiger partial charge >= 0.3 is 12.2 Å². The number of nitrogens with zero attached hydrogens (tertiary/aromatic N) is 2. The first-order chi connectivity index (χ1) is 8.91. The molecule has 0 aromatic heterocycles. The number of halogens is 3. The molecular formula is C12H8F3N3O. The highest BCUT2D eigenvalue weighted by Crippen LogP contribution is 2.32. The van der Waals surface area contributed by atoms with Crippen molar-refractivity contribution in [1.29, 1.82) is 5.26 Å². The average Bonchev–Trinajstić information content (AvgIpc) is 2.38. The zero-order chi connectivity index (χ0) is 14.0. The van der Waals surface area contributed by atoms with E-state index in [0.29, 0.717) is 0 Å². The summed E-state index contributed by atoms with van der Waals surface area (Å²) in [5.41, 5.74) is -0.535. The topological polar surface area (TPSA) is 56.1 Å². The Morgan fingerprint density at radius 2 is 2.11 bits per heavy atom. The van der Waals surface area contributed by atoms with Crippen molar-refractivity contribution in [2.24, 2.45) is 0 Å². The van der Waals surface area contributed by atoms with Gasteiger partial charge < -0.3 is 5.32 Å². The second-order valence-corrected chi connectivity index (χ2v) is 3.84. The van der Waals surface area contributed by atoms with Crippen molar-refractivity contribution in [2.75, 3.05) is 11.4 Å². The van der Waals surface area contributed by atoms with Gasteiger partial charge in [0.2, 0.25) is 0 Å². The lowest BCUT2D eigenvalue weighted by Gasteiger charge is -2.24. The predicted octanol–water partition coefficient (Wildman–Crippen LogP) is 2.64. The molecule has 0 atom stereocenters. The van der Waals surface area contributed by atoms with E-state index in [-0.39, 0.29) is 17.8 Å². The Balaban J connectivity index is 2.42. The highest BCUT2D eigenvalue weighted by Gasteiger charge is 2.31. The van der Waals surface area contributed by atoms with Crippen LogP contribution in [0.1, 0.15) is 5.56 Å². The molecule has 0 saturated carbocycles. The number of amides is 2. The maximum atomic E-state index is 12.6. The van der Waals surface area contributed by atoms with E-state index in [1.54, 1.807) is 0 Å². The van der Waals surface area contributed by atoms with Crippen LogP contribution in [0.4, 0.5) is 23.7 Å². The molecule has 98 valence electrons. The number of anilines is 1. The van der Waals surface area contributed by atoms with Gasteiger partial charge in [-0.1, -0.05) is 6.07 Å². The van der Waals surface area contributed by atoms with E-state index in [1.807, 2.05) is 6.07 Å². The van der Waals surface area contributed by atoms with Crippen molar-refractivity contribution in [3.63, 3.8) is 0 Å². The van der Waals surface area contributed by atoms with Gasteiger partial charge in [-0.05, 0) is 18.2 Å². The smallest absolute Gasteiger partial charge is 0.333 e. The molecule has 1 aliphatic heterocycles. The van der Waals surface area contributed by atoms with E-state index >= 15 is 0 Å². The number of carbonyl (C=O) groups is 1. The zero-order valence-corrected chi connectivity index (χ0v) is 9.53. The zero-order valence-electron chi connectivity index (χ0n) is 9.53. The van der Waals surface area contributed by atoms with Crippen molar-refractivity contribution in [3.05, 3.63) is 41.6 Å². The van der Waals surface area contributed by atoms with Gasteiger partial charge in [-0.3, -0.25) is 4.90 Å². The molecule has 0 saturated heterocycles. The molecule has 1 aliphatic rings. The summed E-state index contributed by atoms with van der Waals surface area (Å²) >= 11 is 0. The van der Waals surface area contributed by atoms with Crippen LogP contribution < -0.4 is 10.2 Å². The molecule has 7 heteroatoms. The Bertz CT molecular complexity index is 587. The Kier molecular flexibility index (Phi) is 3.17. The van der Waals surface area contributed by atoms with Gasteiger partial charge in [0.25, 0.3) is 0 Å². The largest absolute Gasteiger partial charge is 0.416 e. The van der Waals surface area contributed by atoms with Crippen LogP contribution in [-0.2, 0) is 6.18 Å². The average molecular weight is 267 g/mol. The van der Waals surface area contributed by atoms with Gasteiger partial charge in [0, 0.05) is 6.20 Å². The van der Waals surface area contributed by atoms with Gasteiger partial charge in [-0.15, -0.1) is 0 Å². The second kappa shape index (κ2) is 4.65. The van der Waals surface area contributed by atoms with Gasteiger partial charge in [-0.25, -0.2) is 4.79 Å². The minimum absolute atomic E-state index is 0.0553. The molecule has 0 fully saturated rings. The molecule has 2 rings (SSSR count). The molecule has 1 aromatic carbocycles. The number of benzene rings is 1. The summed E-state index contributed by atoms with van der Waals surface area (Å²) in [4.78, 5) is 12.6. The van der Waals surface area contributed by atoms with Crippen LogP contribution in [0, 0.1) is 11.3 Å². The molecule has 0 radical (unpaired) electrons. The van der Waals surface area contributed by atoms with E-state index in [1.165, 1.54) is 18.3 Å². The number of alkyl halides is 3. The standard InChI is InChI=1S/C12H8F3N3O/c13-12(14,15)9-2-1-3-10(4-9)18-7-8(5-16)6-17-11(18)19/h1-4,7H,6H2,(H,17,19). The van der Waals surface area contributed by atoms with Crippen LogP contribution in [0.15, 0.2) is 36.0 Å². The third-order valence-corrected chi connectivity index (χ3v) is 2.53. The van der Waals surface area contributed by atoms with E-state index in [4.69, 9.17) is 5.26 Å². The molecule has 0 bridgehead atoms. The molecule has 4 nitrogen and oxygen atoms in total. The highest BCUT2D eigenvalue weighted by molar-refractivity contribution is 5.95.